The van der Waals surface area contributed by atoms with E-state index in [0.717, 1.165) is 10.3 Å². The zero-order chi connectivity index (χ0) is 21.3. The van der Waals surface area contributed by atoms with Crippen molar-refractivity contribution in [2.45, 2.75) is 11.8 Å². The van der Waals surface area contributed by atoms with E-state index in [1.165, 1.54) is 23.5 Å². The first-order valence-electron chi connectivity index (χ1n) is 8.88. The van der Waals surface area contributed by atoms with E-state index in [0.29, 0.717) is 15.7 Å². The lowest BCUT2D eigenvalue weighted by Gasteiger charge is -2.12. The Hall–Kier alpha value is -2.94. The summed E-state index contributed by atoms with van der Waals surface area (Å²) in [6.07, 6.45) is 0. The van der Waals surface area contributed by atoms with Crippen molar-refractivity contribution in [3.8, 4) is 0 Å². The lowest BCUT2D eigenvalue weighted by molar-refractivity contribution is 0.102. The molecule has 4 rings (SSSR count). The summed E-state index contributed by atoms with van der Waals surface area (Å²) in [4.78, 5) is 17.3. The van der Waals surface area contributed by atoms with E-state index in [1.54, 1.807) is 54.6 Å². The summed E-state index contributed by atoms with van der Waals surface area (Å²) in [5, 5.41) is 3.71. The van der Waals surface area contributed by atoms with Gasteiger partial charge in [-0.15, -0.1) is 0 Å². The fourth-order valence-electron chi connectivity index (χ4n) is 2.81. The van der Waals surface area contributed by atoms with Crippen LogP contribution in [0.2, 0.25) is 5.02 Å². The van der Waals surface area contributed by atoms with Crippen LogP contribution in [-0.4, -0.2) is 19.3 Å². The van der Waals surface area contributed by atoms with E-state index in [1.807, 2.05) is 6.92 Å². The van der Waals surface area contributed by atoms with Crippen molar-refractivity contribution < 1.29 is 13.2 Å². The number of hydrogen-bond donors (Lipinski definition) is 2. The van der Waals surface area contributed by atoms with Crippen LogP contribution in [-0.2, 0) is 10.0 Å². The second-order valence-electron chi connectivity index (χ2n) is 6.55. The number of halogens is 1. The van der Waals surface area contributed by atoms with Gasteiger partial charge in [0.1, 0.15) is 0 Å². The zero-order valence-corrected chi connectivity index (χ0v) is 18.1. The highest BCUT2D eigenvalue weighted by Gasteiger charge is 2.19. The van der Waals surface area contributed by atoms with E-state index in [4.69, 9.17) is 11.6 Å². The Balaban J connectivity index is 1.60. The number of sulfonamides is 1. The minimum atomic E-state index is -3.84. The average Bonchev–Trinajstić information content (AvgIpc) is 3.09. The molecule has 2 N–H and O–H groups in total. The third kappa shape index (κ3) is 4.30. The lowest BCUT2D eigenvalue weighted by Crippen LogP contribution is -2.18. The van der Waals surface area contributed by atoms with Crippen LogP contribution in [0.3, 0.4) is 0 Å². The highest BCUT2D eigenvalue weighted by atomic mass is 35.5. The van der Waals surface area contributed by atoms with Crippen molar-refractivity contribution in [2.24, 2.45) is 0 Å². The average molecular weight is 458 g/mol. The number of aromatic nitrogens is 1. The summed E-state index contributed by atoms with van der Waals surface area (Å²) in [5.74, 6) is -0.470. The maximum absolute atomic E-state index is 12.8. The standard InChI is InChI=1S/C21H16ClN3O3S2/c1-13-6-9-15(10-7-13)30(27,28)25-17-5-3-2-4-16(17)20(26)24-21-23-18-11-8-14(22)12-19(18)29-21/h2-12,25H,1H3,(H,23,24,26). The molecule has 0 fully saturated rings. The predicted octanol–water partition coefficient (Wildman–Crippen LogP) is 5.31. The first-order valence-corrected chi connectivity index (χ1v) is 11.6. The molecule has 3 aromatic carbocycles. The molecule has 0 saturated heterocycles. The third-order valence-corrected chi connectivity index (χ3v) is 6.87. The van der Waals surface area contributed by atoms with Gasteiger partial charge in [0.15, 0.2) is 5.13 Å². The van der Waals surface area contributed by atoms with E-state index in [9.17, 15) is 13.2 Å². The number of carbonyl (C=O) groups excluding carboxylic acids is 1. The molecule has 30 heavy (non-hydrogen) atoms. The molecule has 6 nitrogen and oxygen atoms in total. The second-order valence-corrected chi connectivity index (χ2v) is 9.70. The topological polar surface area (TPSA) is 88.2 Å². The third-order valence-electron chi connectivity index (χ3n) is 4.32. The molecule has 1 heterocycles. The van der Waals surface area contributed by atoms with E-state index >= 15 is 0 Å². The number of rotatable bonds is 5. The maximum Gasteiger partial charge on any atom is 0.261 e. The minimum absolute atomic E-state index is 0.117. The van der Waals surface area contributed by atoms with E-state index in [2.05, 4.69) is 15.0 Å². The summed E-state index contributed by atoms with van der Waals surface area (Å²) in [7, 11) is -3.84. The zero-order valence-electron chi connectivity index (χ0n) is 15.7. The van der Waals surface area contributed by atoms with Crippen molar-refractivity contribution >= 4 is 59.9 Å². The molecule has 1 aromatic heterocycles. The molecule has 1 amide bonds. The Morgan fingerprint density at radius 1 is 1.03 bits per heavy atom. The van der Waals surface area contributed by atoms with Crippen LogP contribution in [0, 0.1) is 6.92 Å². The molecule has 152 valence electrons. The number of benzene rings is 3. The van der Waals surface area contributed by atoms with Crippen LogP contribution in [0.1, 0.15) is 15.9 Å². The molecule has 0 aliphatic heterocycles. The van der Waals surface area contributed by atoms with Crippen molar-refractivity contribution in [1.29, 1.82) is 0 Å². The normalized spacial score (nSPS) is 11.4. The predicted molar refractivity (Wildman–Crippen MR) is 121 cm³/mol. The fourth-order valence-corrected chi connectivity index (χ4v) is 5.02. The summed E-state index contributed by atoms with van der Waals surface area (Å²) in [6, 6.07) is 18.1. The number of hydrogen-bond acceptors (Lipinski definition) is 5. The number of thiazole rings is 1. The molecule has 0 radical (unpaired) electrons. The van der Waals surface area contributed by atoms with Crippen molar-refractivity contribution in [1.82, 2.24) is 4.98 Å². The number of carbonyl (C=O) groups is 1. The van der Waals surface area contributed by atoms with Crippen LogP contribution in [0.5, 0.6) is 0 Å². The molecule has 0 saturated carbocycles. The summed E-state index contributed by atoms with van der Waals surface area (Å²) in [6.45, 7) is 1.87. The number of nitrogens with zero attached hydrogens (tertiary/aromatic N) is 1. The largest absolute Gasteiger partial charge is 0.298 e. The lowest BCUT2D eigenvalue weighted by atomic mass is 10.2. The van der Waals surface area contributed by atoms with Gasteiger partial charge in [0, 0.05) is 5.02 Å². The van der Waals surface area contributed by atoms with Crippen LogP contribution in [0.25, 0.3) is 10.2 Å². The van der Waals surface area contributed by atoms with Gasteiger partial charge < -0.3 is 0 Å². The first kappa shape index (κ1) is 20.3. The van der Waals surface area contributed by atoms with Crippen LogP contribution in [0.15, 0.2) is 71.6 Å². The number of nitrogens with one attached hydrogen (secondary N) is 2. The second kappa shape index (κ2) is 8.06. The van der Waals surface area contributed by atoms with Crippen molar-refractivity contribution in [3.05, 3.63) is 82.9 Å². The summed E-state index contributed by atoms with van der Waals surface area (Å²) in [5.41, 5.74) is 2.03. The summed E-state index contributed by atoms with van der Waals surface area (Å²) < 4.78 is 28.8. The Morgan fingerprint density at radius 3 is 2.53 bits per heavy atom. The monoisotopic (exact) mass is 457 g/mol. The van der Waals surface area contributed by atoms with Gasteiger partial charge in [-0.3, -0.25) is 14.8 Å². The quantitative estimate of drug-likeness (QED) is 0.425. The molecule has 0 unspecified atom stereocenters. The molecular formula is C21H16ClN3O3S2. The smallest absolute Gasteiger partial charge is 0.261 e. The SMILES string of the molecule is Cc1ccc(S(=O)(=O)Nc2ccccc2C(=O)Nc2nc3ccc(Cl)cc3s2)cc1. The van der Waals surface area contributed by atoms with Gasteiger partial charge in [-0.1, -0.05) is 52.8 Å². The minimum Gasteiger partial charge on any atom is -0.298 e. The van der Waals surface area contributed by atoms with Gasteiger partial charge in [0.05, 0.1) is 26.4 Å². The van der Waals surface area contributed by atoms with Crippen LogP contribution < -0.4 is 10.0 Å². The number of fused-ring (bicyclic) bond motifs is 1. The van der Waals surface area contributed by atoms with Crippen LogP contribution in [0.4, 0.5) is 10.8 Å². The molecule has 9 heteroatoms. The Kier molecular flexibility index (Phi) is 5.46. The van der Waals surface area contributed by atoms with Gasteiger partial charge in [-0.25, -0.2) is 13.4 Å². The Morgan fingerprint density at radius 2 is 1.77 bits per heavy atom. The van der Waals surface area contributed by atoms with Gasteiger partial charge in [-0.2, -0.15) is 0 Å². The van der Waals surface area contributed by atoms with Gasteiger partial charge in [-0.05, 0) is 49.4 Å². The summed E-state index contributed by atoms with van der Waals surface area (Å²) >= 11 is 7.28. The molecule has 0 bridgehead atoms. The molecule has 0 aliphatic rings. The van der Waals surface area contributed by atoms with E-state index in [-0.39, 0.29) is 16.1 Å². The molecule has 0 aliphatic carbocycles. The molecule has 0 spiro atoms. The van der Waals surface area contributed by atoms with Gasteiger partial charge in [0.25, 0.3) is 15.9 Å². The van der Waals surface area contributed by atoms with Gasteiger partial charge in [0.2, 0.25) is 0 Å². The Bertz CT molecular complexity index is 1350. The molecular weight excluding hydrogens is 442 g/mol. The highest BCUT2D eigenvalue weighted by Crippen LogP contribution is 2.29. The van der Waals surface area contributed by atoms with E-state index < -0.39 is 15.9 Å². The number of anilines is 2. The Labute approximate surface area is 182 Å². The highest BCUT2D eigenvalue weighted by molar-refractivity contribution is 7.92. The van der Waals surface area contributed by atoms with Crippen molar-refractivity contribution in [2.75, 3.05) is 10.0 Å². The van der Waals surface area contributed by atoms with Crippen LogP contribution >= 0.6 is 22.9 Å². The molecule has 0 atom stereocenters. The van der Waals surface area contributed by atoms with Gasteiger partial charge >= 0.3 is 0 Å². The maximum atomic E-state index is 12.8. The number of amides is 1. The fraction of sp³-hybridized carbons (Fsp3) is 0.0476. The number of para-hydroxylation sites is 1. The molecule has 4 aromatic rings. The number of aryl methyl sites for hydroxylation is 1. The first-order chi connectivity index (χ1) is 14.3. The van der Waals surface area contributed by atoms with Crippen molar-refractivity contribution in [3.63, 3.8) is 0 Å².